The number of fused-ring (bicyclic) bond motifs is 2. The first-order valence-corrected chi connectivity index (χ1v) is 15.3. The molecule has 0 radical (unpaired) electrons. The molecule has 4 saturated heterocycles. The van der Waals surface area contributed by atoms with E-state index in [9.17, 15) is 9.90 Å². The molecule has 38 heavy (non-hydrogen) atoms. The molecule has 8 atom stereocenters. The van der Waals surface area contributed by atoms with Crippen LogP contribution in [0.1, 0.15) is 77.0 Å². The summed E-state index contributed by atoms with van der Waals surface area (Å²) < 4.78 is 13.5. The molecule has 6 rings (SSSR count). The van der Waals surface area contributed by atoms with Gasteiger partial charge in [-0.1, -0.05) is 61.4 Å². The van der Waals surface area contributed by atoms with Gasteiger partial charge in [0.25, 0.3) is 0 Å². The Morgan fingerprint density at radius 2 is 1.71 bits per heavy atom. The summed E-state index contributed by atoms with van der Waals surface area (Å²) in [7, 11) is 0. The Kier molecular flexibility index (Phi) is 8.22. The number of ether oxygens (including phenoxy) is 2. The topological polar surface area (TPSA) is 62.2 Å². The maximum Gasteiger partial charge on any atom is 0.227 e. The number of nitrogens with zero attached hydrogens (tertiary/aromatic N) is 2. The third kappa shape index (κ3) is 5.22. The molecule has 6 heteroatoms. The SMILES string of the molecule is O=C1C[C@H]2CCCC[C@@H]3CC[C@@H]4CCCN(C/C=C/C=C/C=C/[C@H]5CC=C[C@@H](O)[C@]56CCCN1C6O2)[C@@H]4O3. The van der Waals surface area contributed by atoms with Crippen molar-refractivity contribution in [2.24, 2.45) is 17.3 Å². The fourth-order valence-electron chi connectivity index (χ4n) is 8.17. The number of carbonyl (C=O) groups excluding carboxylic acids is 1. The molecule has 1 aliphatic carbocycles. The number of allylic oxidation sites excluding steroid dienone is 6. The van der Waals surface area contributed by atoms with Gasteiger partial charge in [-0.05, 0) is 69.6 Å². The Bertz CT molecular complexity index is 959. The lowest BCUT2D eigenvalue weighted by molar-refractivity contribution is -0.241. The number of amides is 1. The van der Waals surface area contributed by atoms with Gasteiger partial charge in [0.2, 0.25) is 5.91 Å². The summed E-state index contributed by atoms with van der Waals surface area (Å²) in [5.74, 6) is 0.994. The highest BCUT2D eigenvalue weighted by molar-refractivity contribution is 5.78. The largest absolute Gasteiger partial charge is 0.388 e. The van der Waals surface area contributed by atoms with Gasteiger partial charge in [0.05, 0.1) is 30.1 Å². The molecule has 5 aliphatic heterocycles. The van der Waals surface area contributed by atoms with Gasteiger partial charge in [0.1, 0.15) is 12.5 Å². The molecule has 1 N–H and O–H groups in total. The zero-order valence-corrected chi connectivity index (χ0v) is 22.8. The van der Waals surface area contributed by atoms with Crippen molar-refractivity contribution >= 4 is 5.91 Å². The minimum absolute atomic E-state index is 0.0671. The first-order valence-electron chi connectivity index (χ1n) is 15.3. The lowest BCUT2D eigenvalue weighted by Gasteiger charge is -2.57. The second-order valence-corrected chi connectivity index (χ2v) is 12.4. The lowest BCUT2D eigenvalue weighted by Crippen LogP contribution is -2.66. The van der Waals surface area contributed by atoms with Gasteiger partial charge in [0, 0.05) is 19.6 Å². The van der Waals surface area contributed by atoms with Crippen LogP contribution in [0.5, 0.6) is 0 Å². The Hall–Kier alpha value is -1.73. The van der Waals surface area contributed by atoms with Gasteiger partial charge in [-0.15, -0.1) is 0 Å². The van der Waals surface area contributed by atoms with E-state index in [2.05, 4.69) is 47.4 Å². The fourth-order valence-corrected chi connectivity index (χ4v) is 8.17. The van der Waals surface area contributed by atoms with E-state index in [0.717, 1.165) is 64.6 Å². The van der Waals surface area contributed by atoms with Crippen molar-refractivity contribution in [3.05, 3.63) is 48.6 Å². The van der Waals surface area contributed by atoms with Crippen LogP contribution in [0, 0.1) is 17.3 Å². The molecule has 0 aromatic rings. The quantitative estimate of drug-likeness (QED) is 0.448. The van der Waals surface area contributed by atoms with E-state index in [-0.39, 0.29) is 30.4 Å². The van der Waals surface area contributed by atoms with Crippen LogP contribution in [0.4, 0.5) is 0 Å². The summed E-state index contributed by atoms with van der Waals surface area (Å²) in [6.07, 6.45) is 28.8. The van der Waals surface area contributed by atoms with E-state index in [1.54, 1.807) is 0 Å². The molecule has 1 unspecified atom stereocenters. The minimum atomic E-state index is -0.614. The summed E-state index contributed by atoms with van der Waals surface area (Å²) in [6.45, 7) is 2.79. The maximum atomic E-state index is 13.3. The van der Waals surface area contributed by atoms with Crippen LogP contribution in [0.25, 0.3) is 0 Å². The molecule has 208 valence electrons. The van der Waals surface area contributed by atoms with Crippen LogP contribution in [0.15, 0.2) is 48.6 Å². The second kappa shape index (κ2) is 11.8. The number of carbonyl (C=O) groups is 1. The van der Waals surface area contributed by atoms with Crippen LogP contribution < -0.4 is 0 Å². The molecule has 0 aromatic carbocycles. The van der Waals surface area contributed by atoms with E-state index in [0.29, 0.717) is 18.4 Å². The van der Waals surface area contributed by atoms with Crippen LogP contribution in [-0.4, -0.2) is 71.2 Å². The van der Waals surface area contributed by atoms with Crippen molar-refractivity contribution < 1.29 is 19.4 Å². The zero-order valence-electron chi connectivity index (χ0n) is 22.8. The normalized spacial score (nSPS) is 45.0. The van der Waals surface area contributed by atoms with Crippen LogP contribution in [-0.2, 0) is 14.3 Å². The number of hydrogen-bond donors (Lipinski definition) is 1. The van der Waals surface area contributed by atoms with Gasteiger partial charge in [-0.2, -0.15) is 0 Å². The molecule has 6 aliphatic rings. The van der Waals surface area contributed by atoms with Gasteiger partial charge >= 0.3 is 0 Å². The average molecular weight is 523 g/mol. The molecule has 5 heterocycles. The average Bonchev–Trinajstić information content (AvgIpc) is 2.93. The first kappa shape index (κ1) is 26.5. The van der Waals surface area contributed by atoms with E-state index >= 15 is 0 Å². The highest BCUT2D eigenvalue weighted by Crippen LogP contribution is 2.52. The summed E-state index contributed by atoms with van der Waals surface area (Å²) in [6, 6.07) is 0. The Labute approximate surface area is 228 Å². The lowest BCUT2D eigenvalue weighted by atomic mass is 9.61. The van der Waals surface area contributed by atoms with Crippen LogP contribution in [0.2, 0.25) is 0 Å². The standard InChI is InChI=1S/C32H46N2O4/c35-28-16-8-13-25-12-4-2-1-3-7-20-33-21-9-11-24-17-18-26(37-30(24)33)14-5-6-15-27-23-29(36)34-22-10-19-32(25,28)31(34)38-27/h1-4,7-8,12,16,24-28,30-31,35H,5-6,9-11,13-15,17-23H2/b2-1+,7-3+,12-4+/t24-,25-,26+,27+,28+,30+,31?,32-/m0/s1. The number of hydrogen-bond acceptors (Lipinski definition) is 5. The molecule has 6 nitrogen and oxygen atoms in total. The second-order valence-electron chi connectivity index (χ2n) is 12.4. The van der Waals surface area contributed by atoms with Gasteiger partial charge in [0.15, 0.2) is 0 Å². The van der Waals surface area contributed by atoms with Gasteiger partial charge < -0.3 is 19.5 Å². The highest BCUT2D eigenvalue weighted by atomic mass is 16.5. The van der Waals surface area contributed by atoms with Crippen molar-refractivity contribution in [1.29, 1.82) is 0 Å². The summed E-state index contributed by atoms with van der Waals surface area (Å²) in [5.41, 5.74) is -0.488. The monoisotopic (exact) mass is 522 g/mol. The van der Waals surface area contributed by atoms with Gasteiger partial charge in [-0.25, -0.2) is 0 Å². The molecule has 1 spiro atoms. The maximum absolute atomic E-state index is 13.3. The van der Waals surface area contributed by atoms with E-state index in [1.165, 1.54) is 25.7 Å². The summed E-state index contributed by atoms with van der Waals surface area (Å²) in [5, 5.41) is 11.4. The molecule has 4 bridgehead atoms. The van der Waals surface area contributed by atoms with Crippen molar-refractivity contribution in [2.75, 3.05) is 19.6 Å². The predicted molar refractivity (Wildman–Crippen MR) is 148 cm³/mol. The molecule has 1 amide bonds. The van der Waals surface area contributed by atoms with E-state index in [4.69, 9.17) is 9.47 Å². The number of aliphatic hydroxyl groups is 1. The van der Waals surface area contributed by atoms with Crippen LogP contribution >= 0.6 is 0 Å². The Morgan fingerprint density at radius 1 is 0.842 bits per heavy atom. The van der Waals surface area contributed by atoms with Crippen molar-refractivity contribution in [3.8, 4) is 0 Å². The van der Waals surface area contributed by atoms with Crippen molar-refractivity contribution in [3.63, 3.8) is 0 Å². The summed E-state index contributed by atoms with van der Waals surface area (Å²) in [4.78, 5) is 17.8. The third-order valence-corrected chi connectivity index (χ3v) is 10.2. The van der Waals surface area contributed by atoms with E-state index < -0.39 is 11.5 Å². The van der Waals surface area contributed by atoms with Crippen LogP contribution in [0.3, 0.4) is 0 Å². The van der Waals surface area contributed by atoms with E-state index in [1.807, 2.05) is 11.0 Å². The number of rotatable bonds is 0. The fraction of sp³-hybridized carbons (Fsp3) is 0.719. The third-order valence-electron chi connectivity index (χ3n) is 10.2. The molecule has 0 saturated carbocycles. The summed E-state index contributed by atoms with van der Waals surface area (Å²) >= 11 is 0. The van der Waals surface area contributed by atoms with Crippen molar-refractivity contribution in [1.82, 2.24) is 9.80 Å². The highest BCUT2D eigenvalue weighted by Gasteiger charge is 2.57. The van der Waals surface area contributed by atoms with Crippen molar-refractivity contribution in [2.45, 2.75) is 108 Å². The molecular weight excluding hydrogens is 476 g/mol. The molecular formula is C32H46N2O4. The predicted octanol–water partition coefficient (Wildman–Crippen LogP) is 5.11. The Morgan fingerprint density at radius 3 is 2.63 bits per heavy atom. The Balaban J connectivity index is 1.25. The molecule has 4 fully saturated rings. The van der Waals surface area contributed by atoms with Gasteiger partial charge in [-0.3, -0.25) is 9.69 Å². The minimum Gasteiger partial charge on any atom is -0.388 e. The number of aliphatic hydroxyl groups excluding tert-OH is 1. The number of piperidine rings is 2. The smallest absolute Gasteiger partial charge is 0.227 e. The molecule has 0 aromatic heterocycles. The zero-order chi connectivity index (χ0) is 26.0. The first-order chi connectivity index (χ1) is 18.6.